The zero-order valence-corrected chi connectivity index (χ0v) is 14.2. The van der Waals surface area contributed by atoms with Gasteiger partial charge in [0.15, 0.2) is 5.78 Å². The summed E-state index contributed by atoms with van der Waals surface area (Å²) in [5.41, 5.74) is -0.217. The second kappa shape index (κ2) is 6.41. The van der Waals surface area contributed by atoms with E-state index in [1.807, 2.05) is 4.90 Å². The van der Waals surface area contributed by atoms with Gasteiger partial charge in [-0.25, -0.2) is 4.39 Å². The summed E-state index contributed by atoms with van der Waals surface area (Å²) in [5.74, 6) is 0.331. The maximum Gasteiger partial charge on any atom is 0.225 e. The van der Waals surface area contributed by atoms with Crippen LogP contribution in [0.2, 0.25) is 0 Å². The van der Waals surface area contributed by atoms with E-state index in [4.69, 9.17) is 4.74 Å². The third-order valence-corrected chi connectivity index (χ3v) is 5.73. The number of fused-ring (bicyclic) bond motifs is 1. The molecule has 1 aromatic rings. The molecule has 2 saturated heterocycles. The third kappa shape index (κ3) is 3.15. The summed E-state index contributed by atoms with van der Waals surface area (Å²) >= 11 is 0. The van der Waals surface area contributed by atoms with Gasteiger partial charge in [0.1, 0.15) is 17.2 Å². The Bertz CT molecular complexity index is 692. The van der Waals surface area contributed by atoms with Crippen LogP contribution in [0.15, 0.2) is 18.2 Å². The van der Waals surface area contributed by atoms with Gasteiger partial charge in [0.25, 0.3) is 0 Å². The fourth-order valence-electron chi connectivity index (χ4n) is 4.21. The molecule has 0 aliphatic carbocycles. The lowest BCUT2D eigenvalue weighted by atomic mass is 9.82. The van der Waals surface area contributed by atoms with Crippen molar-refractivity contribution in [1.82, 2.24) is 10.2 Å². The minimum Gasteiger partial charge on any atom is -0.486 e. The molecular weight excluding hydrogens is 323 g/mol. The Kier molecular flexibility index (Phi) is 4.23. The first-order valence-corrected chi connectivity index (χ1v) is 9.08. The number of rotatable bonds is 1. The van der Waals surface area contributed by atoms with Gasteiger partial charge in [-0.15, -0.1) is 0 Å². The largest absolute Gasteiger partial charge is 0.486 e. The quantitative estimate of drug-likeness (QED) is 0.847. The van der Waals surface area contributed by atoms with Crippen molar-refractivity contribution in [3.63, 3.8) is 0 Å². The smallest absolute Gasteiger partial charge is 0.225 e. The molecule has 0 atom stereocenters. The fourth-order valence-corrected chi connectivity index (χ4v) is 4.21. The number of piperidine rings is 2. The van der Waals surface area contributed by atoms with Crippen LogP contribution in [0, 0.1) is 11.7 Å². The molecule has 1 spiro atoms. The number of hydrogen-bond donors (Lipinski definition) is 1. The van der Waals surface area contributed by atoms with Crippen LogP contribution in [0.1, 0.15) is 42.5 Å². The molecule has 3 aliphatic rings. The molecule has 1 N–H and O–H groups in total. The van der Waals surface area contributed by atoms with E-state index in [0.717, 1.165) is 25.9 Å². The number of nitrogens with zero attached hydrogens (tertiary/aromatic N) is 1. The molecule has 0 radical (unpaired) electrons. The van der Waals surface area contributed by atoms with Crippen LogP contribution in [0.5, 0.6) is 5.75 Å². The van der Waals surface area contributed by atoms with E-state index >= 15 is 0 Å². The van der Waals surface area contributed by atoms with Crippen molar-refractivity contribution in [2.24, 2.45) is 5.92 Å². The maximum absolute atomic E-state index is 13.4. The molecule has 0 bridgehead atoms. The normalized spacial score (nSPS) is 23.2. The maximum atomic E-state index is 13.4. The van der Waals surface area contributed by atoms with Gasteiger partial charge in [0.2, 0.25) is 5.91 Å². The highest BCUT2D eigenvalue weighted by Crippen LogP contribution is 2.39. The Morgan fingerprint density at radius 2 is 1.96 bits per heavy atom. The molecule has 2 fully saturated rings. The van der Waals surface area contributed by atoms with Crippen molar-refractivity contribution >= 4 is 11.7 Å². The monoisotopic (exact) mass is 346 g/mol. The zero-order valence-electron chi connectivity index (χ0n) is 14.2. The van der Waals surface area contributed by atoms with Gasteiger partial charge in [-0.2, -0.15) is 0 Å². The van der Waals surface area contributed by atoms with Gasteiger partial charge in [-0.05, 0) is 44.1 Å². The Morgan fingerprint density at radius 1 is 1.24 bits per heavy atom. The molecule has 0 unspecified atom stereocenters. The molecule has 3 heterocycles. The average Bonchev–Trinajstić information content (AvgIpc) is 2.63. The Labute approximate surface area is 146 Å². The van der Waals surface area contributed by atoms with E-state index in [2.05, 4.69) is 5.32 Å². The molecule has 1 amide bonds. The lowest BCUT2D eigenvalue weighted by Crippen LogP contribution is -2.53. The van der Waals surface area contributed by atoms with E-state index in [-0.39, 0.29) is 24.0 Å². The van der Waals surface area contributed by atoms with Crippen LogP contribution < -0.4 is 10.1 Å². The number of halogens is 1. The lowest BCUT2D eigenvalue weighted by molar-refractivity contribution is -0.140. The highest BCUT2D eigenvalue weighted by atomic mass is 19.1. The number of nitrogens with one attached hydrogen (secondary N) is 1. The second-order valence-electron chi connectivity index (χ2n) is 7.38. The number of ether oxygens (including phenoxy) is 1. The number of hydrogen-bond acceptors (Lipinski definition) is 4. The van der Waals surface area contributed by atoms with E-state index < -0.39 is 11.4 Å². The number of carbonyl (C=O) groups is 2. The first-order chi connectivity index (χ1) is 12.1. The molecule has 5 nitrogen and oxygen atoms in total. The summed E-state index contributed by atoms with van der Waals surface area (Å²) in [6, 6.07) is 4.11. The summed E-state index contributed by atoms with van der Waals surface area (Å²) in [5, 5.41) is 3.28. The minimum absolute atomic E-state index is 0.0705. The SMILES string of the molecule is O=C1CC2(CCN(C(=O)C3CCNCC3)CC2)Oc2ccc(F)cc21. The lowest BCUT2D eigenvalue weighted by Gasteiger charge is -2.44. The summed E-state index contributed by atoms with van der Waals surface area (Å²) in [6.07, 6.45) is 3.35. The van der Waals surface area contributed by atoms with Crippen LogP contribution in [-0.2, 0) is 4.79 Å². The third-order valence-electron chi connectivity index (χ3n) is 5.73. The van der Waals surface area contributed by atoms with Crippen molar-refractivity contribution in [2.75, 3.05) is 26.2 Å². The van der Waals surface area contributed by atoms with E-state index in [1.54, 1.807) is 0 Å². The first kappa shape index (κ1) is 16.5. The van der Waals surface area contributed by atoms with Crippen LogP contribution >= 0.6 is 0 Å². The Hall–Kier alpha value is -1.95. The van der Waals surface area contributed by atoms with E-state index in [1.165, 1.54) is 18.2 Å². The van der Waals surface area contributed by atoms with Crippen molar-refractivity contribution in [1.29, 1.82) is 0 Å². The van der Waals surface area contributed by atoms with Crippen molar-refractivity contribution < 1.29 is 18.7 Å². The van der Waals surface area contributed by atoms with E-state index in [9.17, 15) is 14.0 Å². The molecular formula is C19H23FN2O3. The number of Topliss-reactive ketones (excluding diaryl/α,β-unsaturated/α-hetero) is 1. The zero-order chi connectivity index (χ0) is 17.4. The highest BCUT2D eigenvalue weighted by Gasteiger charge is 2.44. The molecule has 3 aliphatic heterocycles. The molecule has 4 rings (SSSR count). The van der Waals surface area contributed by atoms with Crippen LogP contribution in [0.3, 0.4) is 0 Å². The predicted octanol–water partition coefficient (Wildman–Crippen LogP) is 2.15. The van der Waals surface area contributed by atoms with Crippen molar-refractivity contribution in [3.8, 4) is 5.75 Å². The summed E-state index contributed by atoms with van der Waals surface area (Å²) < 4.78 is 19.5. The molecule has 1 aromatic carbocycles. The van der Waals surface area contributed by atoms with Gasteiger partial charge in [0.05, 0.1) is 12.0 Å². The molecule has 0 saturated carbocycles. The van der Waals surface area contributed by atoms with Crippen LogP contribution in [0.25, 0.3) is 0 Å². The Morgan fingerprint density at radius 3 is 2.68 bits per heavy atom. The number of carbonyl (C=O) groups excluding carboxylic acids is 2. The number of ketones is 1. The second-order valence-corrected chi connectivity index (χ2v) is 7.38. The first-order valence-electron chi connectivity index (χ1n) is 9.08. The van der Waals surface area contributed by atoms with Gasteiger partial charge in [0, 0.05) is 31.8 Å². The summed E-state index contributed by atoms with van der Waals surface area (Å²) in [7, 11) is 0. The van der Waals surface area contributed by atoms with Gasteiger partial charge < -0.3 is 15.0 Å². The summed E-state index contributed by atoms with van der Waals surface area (Å²) in [4.78, 5) is 27.0. The fraction of sp³-hybridized carbons (Fsp3) is 0.579. The Balaban J connectivity index is 1.44. The molecule has 0 aromatic heterocycles. The van der Waals surface area contributed by atoms with Crippen molar-refractivity contribution in [2.45, 2.75) is 37.7 Å². The molecule has 134 valence electrons. The average molecular weight is 346 g/mol. The standard InChI is InChI=1S/C19H23FN2O3/c20-14-1-2-17-15(11-14)16(23)12-19(25-17)5-9-22(10-6-19)18(24)13-3-7-21-8-4-13/h1-2,11,13,21H,3-10,12H2. The molecule has 25 heavy (non-hydrogen) atoms. The van der Waals surface area contributed by atoms with Gasteiger partial charge in [-0.1, -0.05) is 0 Å². The number of benzene rings is 1. The highest BCUT2D eigenvalue weighted by molar-refractivity contribution is 6.00. The summed E-state index contributed by atoms with van der Waals surface area (Å²) in [6.45, 7) is 3.04. The van der Waals surface area contributed by atoms with E-state index in [0.29, 0.717) is 37.2 Å². The number of likely N-dealkylation sites (tertiary alicyclic amines) is 1. The van der Waals surface area contributed by atoms with Gasteiger partial charge in [-0.3, -0.25) is 9.59 Å². The van der Waals surface area contributed by atoms with Crippen LogP contribution in [0.4, 0.5) is 4.39 Å². The predicted molar refractivity (Wildman–Crippen MR) is 90.1 cm³/mol. The van der Waals surface area contributed by atoms with Crippen LogP contribution in [-0.4, -0.2) is 48.4 Å². The van der Waals surface area contributed by atoms with Gasteiger partial charge >= 0.3 is 0 Å². The number of amides is 1. The van der Waals surface area contributed by atoms with Crippen molar-refractivity contribution in [3.05, 3.63) is 29.6 Å². The molecule has 6 heteroatoms. The minimum atomic E-state index is -0.549. The topological polar surface area (TPSA) is 58.6 Å².